The molecule has 0 aromatic heterocycles. The molecule has 2 heterocycles. The van der Waals surface area contributed by atoms with Gasteiger partial charge in [-0.15, -0.1) is 0 Å². The van der Waals surface area contributed by atoms with Gasteiger partial charge in [0.2, 0.25) is 0 Å². The predicted octanol–water partition coefficient (Wildman–Crippen LogP) is -0.0810. The topological polar surface area (TPSA) is 247 Å². The Morgan fingerprint density at radius 1 is 0.509 bits per heavy atom. The summed E-state index contributed by atoms with van der Waals surface area (Å²) in [5.74, 6) is -5.57. The summed E-state index contributed by atoms with van der Waals surface area (Å²) in [5.41, 5.74) is 0. The molecule has 0 aliphatic carbocycles. The summed E-state index contributed by atoms with van der Waals surface area (Å²) >= 11 is 1.34. The van der Waals surface area contributed by atoms with E-state index in [-0.39, 0.29) is 13.0 Å². The van der Waals surface area contributed by atoms with Crippen molar-refractivity contribution in [3.05, 3.63) is 0 Å². The SMILES string of the molecule is COC(=O)CCSCCO[C@H]1O[C@H](COC(C)=O)[C@H](O[C@@H]2O[C@H](COC(C)=O)[C@H](OC(C)=O)[C@H](OC(C)=O)[C@H]2OC(C)=O)[C@H](OC(C)=O)[C@H]1OC(C)=O. The third kappa shape index (κ3) is 15.4. The van der Waals surface area contributed by atoms with E-state index in [1.54, 1.807) is 0 Å². The summed E-state index contributed by atoms with van der Waals surface area (Å²) in [6, 6.07) is 0. The van der Waals surface area contributed by atoms with E-state index in [0.717, 1.165) is 48.5 Å². The van der Waals surface area contributed by atoms with Crippen LogP contribution in [0.4, 0.5) is 0 Å². The highest BCUT2D eigenvalue weighted by Gasteiger charge is 2.57. The molecule has 0 unspecified atom stereocenters. The molecule has 10 atom stereocenters. The lowest BCUT2D eigenvalue weighted by Gasteiger charge is -2.48. The summed E-state index contributed by atoms with van der Waals surface area (Å²) in [5, 5.41) is 0. The first-order valence-electron chi connectivity index (χ1n) is 16.3. The average Bonchev–Trinajstić information content (AvgIpc) is 3.04. The minimum Gasteiger partial charge on any atom is -0.469 e. The van der Waals surface area contributed by atoms with Crippen LogP contribution in [0.1, 0.15) is 54.9 Å². The average molecular weight is 783 g/mol. The van der Waals surface area contributed by atoms with E-state index in [9.17, 15) is 38.4 Å². The molecule has 300 valence electrons. The van der Waals surface area contributed by atoms with Gasteiger partial charge in [0.1, 0.15) is 31.5 Å². The summed E-state index contributed by atoms with van der Waals surface area (Å²) < 4.78 is 66.7. The minimum absolute atomic E-state index is 0.0213. The molecule has 0 N–H and O–H groups in total. The minimum atomic E-state index is -1.80. The standard InChI is InChI=1S/C32H46O20S/c1-15(33)43-13-22-25(45-17(3)35)27(46-18(4)36)30(49-21(7)39)32(51-22)52-26-23(14-44-16(2)34)50-31(42-10-12-53-11-9-24(40)41-8)29(48-20(6)38)28(26)47-19(5)37/h22-23,25-32H,9-14H2,1-8H3/t22-,23-,25+,26+,27+,28+,29-,30-,31+,32+/m1/s1. The molecule has 0 bridgehead atoms. The Labute approximate surface area is 309 Å². The Bertz CT molecular complexity index is 1310. The number of hydrogen-bond donors (Lipinski definition) is 0. The predicted molar refractivity (Wildman–Crippen MR) is 173 cm³/mol. The first kappa shape index (κ1) is 45.1. The van der Waals surface area contributed by atoms with Crippen molar-refractivity contribution in [3.63, 3.8) is 0 Å². The lowest BCUT2D eigenvalue weighted by atomic mass is 9.96. The molecule has 2 rings (SSSR count). The van der Waals surface area contributed by atoms with Crippen LogP contribution in [0.2, 0.25) is 0 Å². The first-order valence-corrected chi connectivity index (χ1v) is 17.4. The zero-order valence-corrected chi connectivity index (χ0v) is 31.4. The maximum Gasteiger partial charge on any atom is 0.306 e. The van der Waals surface area contributed by atoms with Crippen molar-refractivity contribution in [2.75, 3.05) is 38.4 Å². The van der Waals surface area contributed by atoms with Crippen LogP contribution in [-0.2, 0) is 95.2 Å². The van der Waals surface area contributed by atoms with Crippen molar-refractivity contribution in [1.29, 1.82) is 0 Å². The lowest BCUT2D eigenvalue weighted by molar-refractivity contribution is -0.360. The van der Waals surface area contributed by atoms with Gasteiger partial charge in [-0.05, 0) is 0 Å². The molecular formula is C32H46O20S. The van der Waals surface area contributed by atoms with Crippen LogP contribution in [0.3, 0.4) is 0 Å². The van der Waals surface area contributed by atoms with E-state index in [2.05, 4.69) is 4.74 Å². The van der Waals surface area contributed by atoms with Gasteiger partial charge in [0, 0.05) is 60.0 Å². The van der Waals surface area contributed by atoms with Crippen LogP contribution in [0, 0.1) is 0 Å². The van der Waals surface area contributed by atoms with Crippen molar-refractivity contribution in [2.24, 2.45) is 0 Å². The van der Waals surface area contributed by atoms with Gasteiger partial charge >= 0.3 is 47.8 Å². The van der Waals surface area contributed by atoms with E-state index in [1.807, 2.05) is 0 Å². The molecule has 0 radical (unpaired) electrons. The van der Waals surface area contributed by atoms with Gasteiger partial charge in [-0.25, -0.2) is 0 Å². The third-order valence-electron chi connectivity index (χ3n) is 7.07. The van der Waals surface area contributed by atoms with Crippen LogP contribution in [0.25, 0.3) is 0 Å². The fraction of sp³-hybridized carbons (Fsp3) is 0.750. The Morgan fingerprint density at radius 2 is 0.925 bits per heavy atom. The van der Waals surface area contributed by atoms with Gasteiger partial charge in [0.05, 0.1) is 20.1 Å². The number of carbonyl (C=O) groups is 8. The highest BCUT2D eigenvalue weighted by Crippen LogP contribution is 2.35. The smallest absolute Gasteiger partial charge is 0.306 e. The molecule has 0 amide bonds. The van der Waals surface area contributed by atoms with E-state index < -0.39 is 122 Å². The molecular weight excluding hydrogens is 736 g/mol. The maximum absolute atomic E-state index is 12.5. The van der Waals surface area contributed by atoms with Crippen molar-refractivity contribution in [3.8, 4) is 0 Å². The molecule has 2 aliphatic heterocycles. The highest BCUT2D eigenvalue weighted by atomic mass is 32.2. The summed E-state index contributed by atoms with van der Waals surface area (Å²) in [6.07, 6.45) is -15.4. The number of carbonyl (C=O) groups excluding carboxylic acids is 8. The number of rotatable bonds is 18. The fourth-order valence-electron chi connectivity index (χ4n) is 5.19. The second kappa shape index (κ2) is 22.2. The number of methoxy groups -OCH3 is 1. The zero-order chi connectivity index (χ0) is 39.8. The molecule has 2 aliphatic rings. The molecule has 53 heavy (non-hydrogen) atoms. The second-order valence-corrected chi connectivity index (χ2v) is 12.7. The molecule has 0 spiro atoms. The molecule has 21 heteroatoms. The van der Waals surface area contributed by atoms with Gasteiger partial charge in [0.15, 0.2) is 43.1 Å². The zero-order valence-electron chi connectivity index (χ0n) is 30.6. The molecule has 2 saturated heterocycles. The van der Waals surface area contributed by atoms with Gasteiger partial charge in [0.25, 0.3) is 0 Å². The van der Waals surface area contributed by atoms with Crippen molar-refractivity contribution in [2.45, 2.75) is 116 Å². The number of hydrogen-bond acceptors (Lipinski definition) is 21. The summed E-state index contributed by atoms with van der Waals surface area (Å²) in [6.45, 7) is 6.30. The second-order valence-electron chi connectivity index (χ2n) is 11.5. The van der Waals surface area contributed by atoms with Crippen LogP contribution in [-0.4, -0.2) is 148 Å². The van der Waals surface area contributed by atoms with Gasteiger partial charge < -0.3 is 56.8 Å². The van der Waals surface area contributed by atoms with E-state index in [1.165, 1.54) is 18.9 Å². The molecule has 0 saturated carbocycles. The maximum atomic E-state index is 12.5. The fourth-order valence-corrected chi connectivity index (χ4v) is 5.92. The Balaban J connectivity index is 2.61. The van der Waals surface area contributed by atoms with E-state index in [4.69, 9.17) is 52.1 Å². The quantitative estimate of drug-likeness (QED) is 0.100. The van der Waals surface area contributed by atoms with Gasteiger partial charge in [-0.1, -0.05) is 0 Å². The number of esters is 8. The largest absolute Gasteiger partial charge is 0.469 e. The monoisotopic (exact) mass is 782 g/mol. The third-order valence-corrected chi connectivity index (χ3v) is 8.02. The molecule has 20 nitrogen and oxygen atoms in total. The van der Waals surface area contributed by atoms with Crippen LogP contribution in [0.15, 0.2) is 0 Å². The van der Waals surface area contributed by atoms with Crippen molar-refractivity contribution in [1.82, 2.24) is 0 Å². The van der Waals surface area contributed by atoms with Gasteiger partial charge in [-0.2, -0.15) is 11.8 Å². The Morgan fingerprint density at radius 3 is 1.40 bits per heavy atom. The highest BCUT2D eigenvalue weighted by molar-refractivity contribution is 7.99. The van der Waals surface area contributed by atoms with Crippen molar-refractivity contribution >= 4 is 59.5 Å². The molecule has 0 aromatic carbocycles. The summed E-state index contributed by atoms with van der Waals surface area (Å²) in [4.78, 5) is 96.9. The summed E-state index contributed by atoms with van der Waals surface area (Å²) in [7, 11) is 1.27. The number of thioether (sulfide) groups is 1. The van der Waals surface area contributed by atoms with Crippen LogP contribution < -0.4 is 0 Å². The Kier molecular flexibility index (Phi) is 18.9. The van der Waals surface area contributed by atoms with Crippen LogP contribution >= 0.6 is 11.8 Å². The Hall–Kier alpha value is -4.05. The van der Waals surface area contributed by atoms with E-state index in [0.29, 0.717) is 11.5 Å². The molecule has 2 fully saturated rings. The molecule has 0 aromatic rings. The lowest BCUT2D eigenvalue weighted by Crippen LogP contribution is -2.67. The van der Waals surface area contributed by atoms with Gasteiger partial charge in [-0.3, -0.25) is 38.4 Å². The normalized spacial score (nSPS) is 28.0. The first-order chi connectivity index (χ1) is 24.9. The van der Waals surface area contributed by atoms with E-state index >= 15 is 0 Å². The van der Waals surface area contributed by atoms with Crippen molar-refractivity contribution < 1.29 is 95.2 Å². The van der Waals surface area contributed by atoms with Crippen LogP contribution in [0.5, 0.6) is 0 Å². The number of ether oxygens (including phenoxy) is 12.